The van der Waals surface area contributed by atoms with Crippen LogP contribution >= 0.6 is 11.8 Å². The molecular formula is C16H21FN2S. The summed E-state index contributed by atoms with van der Waals surface area (Å²) in [5.41, 5.74) is -0.371. The number of nitrogens with zero attached hydrogens (tertiary/aromatic N) is 1. The lowest BCUT2D eigenvalue weighted by atomic mass is 9.92. The van der Waals surface area contributed by atoms with Gasteiger partial charge >= 0.3 is 0 Å². The molecule has 0 bridgehead atoms. The van der Waals surface area contributed by atoms with E-state index >= 15 is 0 Å². The first-order valence-electron chi connectivity index (χ1n) is 7.25. The van der Waals surface area contributed by atoms with Crippen molar-refractivity contribution in [1.29, 1.82) is 5.26 Å². The molecule has 1 unspecified atom stereocenters. The van der Waals surface area contributed by atoms with E-state index in [1.165, 1.54) is 18.9 Å². The van der Waals surface area contributed by atoms with Gasteiger partial charge in [-0.2, -0.15) is 5.26 Å². The van der Waals surface area contributed by atoms with Gasteiger partial charge in [0.05, 0.1) is 6.07 Å². The average molecular weight is 292 g/mol. The summed E-state index contributed by atoms with van der Waals surface area (Å²) in [5, 5.41) is 12.9. The van der Waals surface area contributed by atoms with Gasteiger partial charge in [-0.05, 0) is 56.1 Å². The summed E-state index contributed by atoms with van der Waals surface area (Å²) in [6.07, 6.45) is 5.05. The number of hydrogen-bond donors (Lipinski definition) is 1. The second-order valence-corrected chi connectivity index (χ2v) is 6.54. The van der Waals surface area contributed by atoms with Crippen molar-refractivity contribution >= 4 is 11.8 Å². The topological polar surface area (TPSA) is 35.8 Å². The molecule has 0 radical (unpaired) electrons. The van der Waals surface area contributed by atoms with Crippen LogP contribution in [-0.4, -0.2) is 17.3 Å². The molecule has 2 nitrogen and oxygen atoms in total. The summed E-state index contributed by atoms with van der Waals surface area (Å²) in [5.74, 6) is 0.726. The fraction of sp³-hybridized carbons (Fsp3) is 0.562. The molecule has 1 saturated carbocycles. The maximum absolute atomic E-state index is 13.1. The first-order valence-corrected chi connectivity index (χ1v) is 8.23. The van der Waals surface area contributed by atoms with Gasteiger partial charge in [0, 0.05) is 10.9 Å². The fourth-order valence-corrected chi connectivity index (χ4v) is 3.15. The Morgan fingerprint density at radius 3 is 2.90 bits per heavy atom. The molecule has 0 saturated heterocycles. The lowest BCUT2D eigenvalue weighted by Gasteiger charge is -2.26. The van der Waals surface area contributed by atoms with Crippen molar-refractivity contribution in [3.8, 4) is 6.07 Å². The fourth-order valence-electron chi connectivity index (χ4n) is 2.26. The average Bonchev–Trinajstić information content (AvgIpc) is 3.26. The minimum atomic E-state index is -0.371. The third kappa shape index (κ3) is 4.50. The predicted molar refractivity (Wildman–Crippen MR) is 81.2 cm³/mol. The molecule has 1 N–H and O–H groups in total. The van der Waals surface area contributed by atoms with Crippen LogP contribution in [0.4, 0.5) is 4.39 Å². The molecule has 1 aliphatic rings. The largest absolute Gasteiger partial charge is 0.297 e. The highest BCUT2D eigenvalue weighted by atomic mass is 32.2. The Balaban J connectivity index is 1.77. The van der Waals surface area contributed by atoms with E-state index < -0.39 is 0 Å². The molecule has 0 heterocycles. The van der Waals surface area contributed by atoms with E-state index in [2.05, 4.69) is 18.3 Å². The van der Waals surface area contributed by atoms with E-state index in [0.717, 1.165) is 29.9 Å². The van der Waals surface area contributed by atoms with Crippen molar-refractivity contribution in [3.05, 3.63) is 30.1 Å². The zero-order valence-electron chi connectivity index (χ0n) is 11.9. The van der Waals surface area contributed by atoms with Crippen LogP contribution in [0.1, 0.15) is 39.0 Å². The highest BCUT2D eigenvalue weighted by molar-refractivity contribution is 7.99. The number of thioether (sulfide) groups is 1. The Morgan fingerprint density at radius 1 is 1.50 bits per heavy atom. The van der Waals surface area contributed by atoms with Crippen molar-refractivity contribution in [3.63, 3.8) is 0 Å². The van der Waals surface area contributed by atoms with Crippen LogP contribution in [0.2, 0.25) is 0 Å². The van der Waals surface area contributed by atoms with Crippen LogP contribution in [0.5, 0.6) is 0 Å². The summed E-state index contributed by atoms with van der Waals surface area (Å²) in [6, 6.07) is 9.69. The Labute approximate surface area is 124 Å². The molecule has 108 valence electrons. The second kappa shape index (κ2) is 7.10. The van der Waals surface area contributed by atoms with Gasteiger partial charge in [-0.1, -0.05) is 13.0 Å². The highest BCUT2D eigenvalue weighted by Crippen LogP contribution is 2.28. The Kier molecular flexibility index (Phi) is 5.45. The summed E-state index contributed by atoms with van der Waals surface area (Å²) in [4.78, 5) is 0.958. The molecule has 4 heteroatoms. The minimum Gasteiger partial charge on any atom is -0.297 e. The third-order valence-electron chi connectivity index (χ3n) is 3.69. The van der Waals surface area contributed by atoms with E-state index in [1.54, 1.807) is 23.9 Å². The Morgan fingerprint density at radius 2 is 2.30 bits per heavy atom. The van der Waals surface area contributed by atoms with Crippen LogP contribution in [-0.2, 0) is 0 Å². The molecule has 1 aliphatic carbocycles. The standard InChI is InChI=1S/C16H21FN2S/c1-2-16(12-18,19-14-7-8-14)9-4-10-20-15-6-3-5-13(17)11-15/h3,5-6,11,14,19H,2,4,7-10H2,1H3. The molecule has 1 aromatic rings. The van der Waals surface area contributed by atoms with Crippen LogP contribution in [0.25, 0.3) is 0 Å². The Hall–Kier alpha value is -1.05. The zero-order chi connectivity index (χ0) is 14.4. The van der Waals surface area contributed by atoms with Gasteiger partial charge in [-0.25, -0.2) is 4.39 Å². The van der Waals surface area contributed by atoms with Crippen molar-refractivity contribution in [2.45, 2.75) is 55.5 Å². The number of nitrogens with one attached hydrogen (secondary N) is 1. The van der Waals surface area contributed by atoms with E-state index in [4.69, 9.17) is 0 Å². The molecule has 20 heavy (non-hydrogen) atoms. The summed E-state index contributed by atoms with van der Waals surface area (Å²) >= 11 is 1.65. The normalized spacial score (nSPS) is 17.4. The van der Waals surface area contributed by atoms with Crippen molar-refractivity contribution in [1.82, 2.24) is 5.32 Å². The first-order chi connectivity index (χ1) is 9.67. The highest BCUT2D eigenvalue weighted by Gasteiger charge is 2.34. The van der Waals surface area contributed by atoms with Gasteiger partial charge < -0.3 is 0 Å². The van der Waals surface area contributed by atoms with E-state index in [0.29, 0.717) is 6.04 Å². The van der Waals surface area contributed by atoms with Crippen LogP contribution < -0.4 is 5.32 Å². The molecule has 0 amide bonds. The molecular weight excluding hydrogens is 271 g/mol. The molecule has 0 spiro atoms. The molecule has 2 rings (SSSR count). The van der Waals surface area contributed by atoms with Gasteiger partial charge in [0.2, 0.25) is 0 Å². The van der Waals surface area contributed by atoms with E-state index in [9.17, 15) is 9.65 Å². The van der Waals surface area contributed by atoms with E-state index in [1.807, 2.05) is 6.07 Å². The van der Waals surface area contributed by atoms with Crippen LogP contribution in [0.3, 0.4) is 0 Å². The minimum absolute atomic E-state index is 0.190. The lowest BCUT2D eigenvalue weighted by molar-refractivity contribution is 0.367. The summed E-state index contributed by atoms with van der Waals surface area (Å²) in [6.45, 7) is 2.07. The van der Waals surface area contributed by atoms with Crippen molar-refractivity contribution in [2.75, 3.05) is 5.75 Å². The van der Waals surface area contributed by atoms with Crippen molar-refractivity contribution < 1.29 is 4.39 Å². The van der Waals surface area contributed by atoms with Gasteiger partial charge in [0.15, 0.2) is 0 Å². The Bertz CT molecular complexity index is 482. The maximum atomic E-state index is 13.1. The number of nitriles is 1. The van der Waals surface area contributed by atoms with Crippen LogP contribution in [0, 0.1) is 17.1 Å². The summed E-state index contributed by atoms with van der Waals surface area (Å²) in [7, 11) is 0. The number of halogens is 1. The molecule has 1 fully saturated rings. The second-order valence-electron chi connectivity index (χ2n) is 5.38. The van der Waals surface area contributed by atoms with Gasteiger partial charge in [0.25, 0.3) is 0 Å². The zero-order valence-corrected chi connectivity index (χ0v) is 12.7. The predicted octanol–water partition coefficient (Wildman–Crippen LogP) is 4.12. The SMILES string of the molecule is CCC(C#N)(CCCSc1cccc(F)c1)NC1CC1. The van der Waals surface area contributed by atoms with Gasteiger partial charge in [-0.15, -0.1) is 11.8 Å². The summed E-state index contributed by atoms with van der Waals surface area (Å²) < 4.78 is 13.1. The molecule has 0 aliphatic heterocycles. The number of hydrogen-bond acceptors (Lipinski definition) is 3. The third-order valence-corrected chi connectivity index (χ3v) is 4.77. The van der Waals surface area contributed by atoms with Gasteiger partial charge in [0.1, 0.15) is 11.4 Å². The molecule has 0 aromatic heterocycles. The monoisotopic (exact) mass is 292 g/mol. The molecule has 1 aromatic carbocycles. The lowest BCUT2D eigenvalue weighted by Crippen LogP contribution is -2.44. The molecule has 1 atom stereocenters. The number of benzene rings is 1. The number of rotatable bonds is 8. The van der Waals surface area contributed by atoms with Crippen LogP contribution in [0.15, 0.2) is 29.2 Å². The first kappa shape index (κ1) is 15.3. The van der Waals surface area contributed by atoms with E-state index in [-0.39, 0.29) is 11.4 Å². The maximum Gasteiger partial charge on any atom is 0.124 e. The quantitative estimate of drug-likeness (QED) is 0.578. The van der Waals surface area contributed by atoms with Crippen molar-refractivity contribution in [2.24, 2.45) is 0 Å². The van der Waals surface area contributed by atoms with Gasteiger partial charge in [-0.3, -0.25) is 5.32 Å². The smallest absolute Gasteiger partial charge is 0.124 e.